The molecule has 0 aliphatic carbocycles. The highest BCUT2D eigenvalue weighted by Crippen LogP contribution is 2.36. The van der Waals surface area contributed by atoms with Gasteiger partial charge in [0.25, 0.3) is 5.91 Å². The molecule has 3 heterocycles. The van der Waals surface area contributed by atoms with Crippen molar-refractivity contribution in [2.45, 2.75) is 13.1 Å². The van der Waals surface area contributed by atoms with E-state index in [-0.39, 0.29) is 22.5 Å². The molecule has 4 rings (SSSR count). The predicted molar refractivity (Wildman–Crippen MR) is 100 cm³/mol. The van der Waals surface area contributed by atoms with Gasteiger partial charge in [-0.05, 0) is 30.7 Å². The fourth-order valence-corrected chi connectivity index (χ4v) is 2.86. The van der Waals surface area contributed by atoms with Crippen LogP contribution in [0, 0.1) is 6.92 Å². The van der Waals surface area contributed by atoms with E-state index in [4.69, 9.17) is 0 Å². The van der Waals surface area contributed by atoms with E-state index in [0.717, 1.165) is 11.6 Å². The van der Waals surface area contributed by atoms with Gasteiger partial charge in [-0.3, -0.25) is 4.79 Å². The van der Waals surface area contributed by atoms with Crippen molar-refractivity contribution in [3.63, 3.8) is 0 Å². The zero-order chi connectivity index (χ0) is 20.6. The molecule has 3 aromatic heterocycles. The van der Waals surface area contributed by atoms with Crippen molar-refractivity contribution in [2.75, 3.05) is 5.32 Å². The second-order valence-corrected chi connectivity index (χ2v) is 6.36. The third-order valence-corrected chi connectivity index (χ3v) is 4.28. The number of pyridine rings is 1. The molecule has 4 aromatic rings. The minimum Gasteiger partial charge on any atom is -0.306 e. The van der Waals surface area contributed by atoms with Gasteiger partial charge in [0.15, 0.2) is 5.65 Å². The van der Waals surface area contributed by atoms with E-state index in [1.165, 1.54) is 41.2 Å². The standard InChI is InChI=1S/C20H14F3N5O/c1-12-6-7-17(24-10-12)27-19(29)14-11-25-28-9-8-16(26-18(14)28)13-4-2-3-5-15(13)20(21,22)23/h2-11H,1H3,(H,24,27,29). The van der Waals surface area contributed by atoms with E-state index < -0.39 is 17.6 Å². The van der Waals surface area contributed by atoms with Crippen molar-refractivity contribution >= 4 is 17.4 Å². The smallest absolute Gasteiger partial charge is 0.306 e. The van der Waals surface area contributed by atoms with Gasteiger partial charge in [0.1, 0.15) is 11.4 Å². The molecule has 146 valence electrons. The van der Waals surface area contributed by atoms with Crippen LogP contribution in [0.25, 0.3) is 16.9 Å². The Balaban J connectivity index is 1.74. The largest absolute Gasteiger partial charge is 0.417 e. The van der Waals surface area contributed by atoms with Crippen LogP contribution in [0.3, 0.4) is 0 Å². The molecule has 6 nitrogen and oxygen atoms in total. The molecule has 0 saturated carbocycles. The molecule has 0 atom stereocenters. The number of nitrogens with zero attached hydrogens (tertiary/aromatic N) is 4. The Hall–Kier alpha value is -3.75. The van der Waals surface area contributed by atoms with Crippen LogP contribution in [-0.2, 0) is 6.18 Å². The Bertz CT molecular complexity index is 1200. The second kappa shape index (κ2) is 7.01. The number of anilines is 1. The van der Waals surface area contributed by atoms with E-state index in [2.05, 4.69) is 20.4 Å². The molecular weight excluding hydrogens is 383 g/mol. The number of amides is 1. The lowest BCUT2D eigenvalue weighted by Crippen LogP contribution is -2.13. The number of alkyl halides is 3. The number of nitrogens with one attached hydrogen (secondary N) is 1. The highest BCUT2D eigenvalue weighted by atomic mass is 19.4. The summed E-state index contributed by atoms with van der Waals surface area (Å²) in [6.45, 7) is 1.87. The Kier molecular flexibility index (Phi) is 4.50. The highest BCUT2D eigenvalue weighted by Gasteiger charge is 2.33. The molecule has 0 aliphatic rings. The normalized spacial score (nSPS) is 11.6. The summed E-state index contributed by atoms with van der Waals surface area (Å²) in [6, 6.07) is 10.0. The Labute approximate surface area is 163 Å². The lowest BCUT2D eigenvalue weighted by Gasteiger charge is -2.12. The first-order chi connectivity index (χ1) is 13.8. The summed E-state index contributed by atoms with van der Waals surface area (Å²) in [6.07, 6.45) is -0.144. The van der Waals surface area contributed by atoms with Crippen LogP contribution in [0.15, 0.2) is 61.1 Å². The number of aromatic nitrogens is 4. The number of benzene rings is 1. The van der Waals surface area contributed by atoms with Crippen molar-refractivity contribution in [3.8, 4) is 11.3 Å². The number of fused-ring (bicyclic) bond motifs is 1. The van der Waals surface area contributed by atoms with Crippen LogP contribution in [0.1, 0.15) is 21.5 Å². The van der Waals surface area contributed by atoms with Gasteiger partial charge in [-0.1, -0.05) is 24.3 Å². The van der Waals surface area contributed by atoms with Crippen molar-refractivity contribution in [3.05, 3.63) is 77.7 Å². The molecule has 0 radical (unpaired) electrons. The second-order valence-electron chi connectivity index (χ2n) is 6.36. The van der Waals surface area contributed by atoms with E-state index in [9.17, 15) is 18.0 Å². The molecule has 0 fully saturated rings. The summed E-state index contributed by atoms with van der Waals surface area (Å²) < 4.78 is 41.4. The van der Waals surface area contributed by atoms with Gasteiger partial charge in [0.05, 0.1) is 17.5 Å². The van der Waals surface area contributed by atoms with Gasteiger partial charge in [-0.25, -0.2) is 14.5 Å². The molecule has 0 aliphatic heterocycles. The van der Waals surface area contributed by atoms with Gasteiger partial charge in [0, 0.05) is 18.0 Å². The number of carbonyl (C=O) groups is 1. The van der Waals surface area contributed by atoms with Crippen LogP contribution in [0.4, 0.5) is 19.0 Å². The molecule has 0 saturated heterocycles. The van der Waals surface area contributed by atoms with Gasteiger partial charge < -0.3 is 5.32 Å². The summed E-state index contributed by atoms with van der Waals surface area (Å²) in [7, 11) is 0. The van der Waals surface area contributed by atoms with Crippen molar-refractivity contribution in [1.82, 2.24) is 19.6 Å². The van der Waals surface area contributed by atoms with Crippen LogP contribution >= 0.6 is 0 Å². The summed E-state index contributed by atoms with van der Waals surface area (Å²) in [4.78, 5) is 21.0. The first-order valence-corrected chi connectivity index (χ1v) is 8.58. The monoisotopic (exact) mass is 397 g/mol. The van der Waals surface area contributed by atoms with E-state index >= 15 is 0 Å². The van der Waals surface area contributed by atoms with Gasteiger partial charge >= 0.3 is 6.18 Å². The molecule has 0 spiro atoms. The maximum absolute atomic E-state index is 13.3. The quantitative estimate of drug-likeness (QED) is 0.557. The number of aryl methyl sites for hydroxylation is 1. The molecule has 0 bridgehead atoms. The number of hydrogen-bond donors (Lipinski definition) is 1. The predicted octanol–water partition coefficient (Wildman–Crippen LogP) is 4.37. The number of hydrogen-bond acceptors (Lipinski definition) is 4. The fraction of sp³-hybridized carbons (Fsp3) is 0.100. The summed E-state index contributed by atoms with van der Waals surface area (Å²) in [5, 5.41) is 6.69. The lowest BCUT2D eigenvalue weighted by atomic mass is 10.0. The average Bonchev–Trinajstić information content (AvgIpc) is 3.12. The third kappa shape index (κ3) is 3.66. The highest BCUT2D eigenvalue weighted by molar-refractivity contribution is 6.07. The van der Waals surface area contributed by atoms with Crippen molar-refractivity contribution in [1.29, 1.82) is 0 Å². The van der Waals surface area contributed by atoms with E-state index in [1.54, 1.807) is 18.3 Å². The fourth-order valence-electron chi connectivity index (χ4n) is 2.86. The van der Waals surface area contributed by atoms with Gasteiger partial charge in [0.2, 0.25) is 0 Å². The molecular formula is C20H14F3N5O. The van der Waals surface area contributed by atoms with Gasteiger partial charge in [-0.2, -0.15) is 18.3 Å². The number of rotatable bonds is 3. The maximum atomic E-state index is 13.3. The topological polar surface area (TPSA) is 72.2 Å². The summed E-state index contributed by atoms with van der Waals surface area (Å²) in [5.41, 5.74) is 0.423. The molecule has 1 N–H and O–H groups in total. The number of carbonyl (C=O) groups excluding carboxylic acids is 1. The van der Waals surface area contributed by atoms with Crippen LogP contribution in [0.5, 0.6) is 0 Å². The molecule has 0 unspecified atom stereocenters. The SMILES string of the molecule is Cc1ccc(NC(=O)c2cnn3ccc(-c4ccccc4C(F)(F)F)nc23)nc1. The summed E-state index contributed by atoms with van der Waals surface area (Å²) >= 11 is 0. The maximum Gasteiger partial charge on any atom is 0.417 e. The lowest BCUT2D eigenvalue weighted by molar-refractivity contribution is -0.137. The molecule has 29 heavy (non-hydrogen) atoms. The first-order valence-electron chi connectivity index (χ1n) is 8.58. The van der Waals surface area contributed by atoms with Crippen LogP contribution < -0.4 is 5.32 Å². The number of halogens is 3. The van der Waals surface area contributed by atoms with Crippen molar-refractivity contribution < 1.29 is 18.0 Å². The van der Waals surface area contributed by atoms with Gasteiger partial charge in [-0.15, -0.1) is 0 Å². The zero-order valence-corrected chi connectivity index (χ0v) is 15.1. The zero-order valence-electron chi connectivity index (χ0n) is 15.1. The summed E-state index contributed by atoms with van der Waals surface area (Å²) in [5.74, 6) is -0.163. The Morgan fingerprint density at radius 1 is 1.07 bits per heavy atom. The molecule has 9 heteroatoms. The van der Waals surface area contributed by atoms with E-state index in [1.807, 2.05) is 6.92 Å². The minimum absolute atomic E-state index is 0.0738. The molecule has 1 aromatic carbocycles. The first kappa shape index (κ1) is 18.6. The third-order valence-electron chi connectivity index (χ3n) is 4.28. The van der Waals surface area contributed by atoms with Crippen LogP contribution in [0.2, 0.25) is 0 Å². The van der Waals surface area contributed by atoms with Crippen molar-refractivity contribution in [2.24, 2.45) is 0 Å². The molecule has 1 amide bonds. The average molecular weight is 397 g/mol. The Morgan fingerprint density at radius 2 is 1.86 bits per heavy atom. The van der Waals surface area contributed by atoms with Crippen LogP contribution in [-0.4, -0.2) is 25.5 Å². The minimum atomic E-state index is -4.53. The Morgan fingerprint density at radius 3 is 2.59 bits per heavy atom. The van der Waals surface area contributed by atoms with E-state index in [0.29, 0.717) is 5.82 Å².